The zero-order valence-electron chi connectivity index (χ0n) is 14.7. The minimum absolute atomic E-state index is 0.599. The first kappa shape index (κ1) is 18.4. The maximum absolute atomic E-state index is 9.93. The molecule has 0 aliphatic heterocycles. The topological polar surface area (TPSA) is 38.7 Å². The molecule has 0 aliphatic carbocycles. The molecule has 0 amide bonds. The van der Waals surface area contributed by atoms with Gasteiger partial charge >= 0.3 is 7.32 Å². The van der Waals surface area contributed by atoms with Crippen LogP contribution in [0.15, 0.2) is 48.5 Å². The van der Waals surface area contributed by atoms with Gasteiger partial charge in [-0.05, 0) is 61.1 Å². The fourth-order valence-corrected chi connectivity index (χ4v) is 2.49. The van der Waals surface area contributed by atoms with Gasteiger partial charge in [-0.25, -0.2) is 0 Å². The standard InChI is InChI=1S/C20H27BO3/c1-3-5-7-17-9-13-19(14-10-17)23-21(22)24-20-15-11-18(12-16-20)8-6-4-2/h9-16,22H,3-8H2,1-2H3. The van der Waals surface area contributed by atoms with Gasteiger partial charge in [0.1, 0.15) is 11.5 Å². The molecular formula is C20H27BO3. The van der Waals surface area contributed by atoms with Crippen LogP contribution in [0.4, 0.5) is 0 Å². The SMILES string of the molecule is CCCCc1ccc(OB(O)Oc2ccc(CCCC)cc2)cc1. The molecule has 0 heterocycles. The summed E-state index contributed by atoms with van der Waals surface area (Å²) in [6.45, 7) is 4.36. The highest BCUT2D eigenvalue weighted by atomic mass is 16.7. The van der Waals surface area contributed by atoms with Gasteiger partial charge in [-0.2, -0.15) is 0 Å². The Morgan fingerprint density at radius 3 is 1.42 bits per heavy atom. The normalized spacial score (nSPS) is 10.5. The van der Waals surface area contributed by atoms with Gasteiger partial charge in [-0.1, -0.05) is 51.0 Å². The Labute approximate surface area is 145 Å². The van der Waals surface area contributed by atoms with Crippen molar-refractivity contribution < 1.29 is 14.3 Å². The first-order valence-electron chi connectivity index (χ1n) is 8.90. The van der Waals surface area contributed by atoms with E-state index in [4.69, 9.17) is 9.31 Å². The summed E-state index contributed by atoms with van der Waals surface area (Å²) in [4.78, 5) is 0. The van der Waals surface area contributed by atoms with Gasteiger partial charge in [-0.3, -0.25) is 0 Å². The molecule has 3 nitrogen and oxygen atoms in total. The third-order valence-electron chi connectivity index (χ3n) is 3.96. The van der Waals surface area contributed by atoms with Crippen LogP contribution in [0.3, 0.4) is 0 Å². The van der Waals surface area contributed by atoms with Gasteiger partial charge in [-0.15, -0.1) is 0 Å². The molecule has 128 valence electrons. The van der Waals surface area contributed by atoms with Crippen molar-refractivity contribution in [2.75, 3.05) is 0 Å². The monoisotopic (exact) mass is 326 g/mol. The molecule has 0 bridgehead atoms. The average molecular weight is 326 g/mol. The number of hydrogen-bond acceptors (Lipinski definition) is 3. The average Bonchev–Trinajstić information content (AvgIpc) is 2.60. The maximum atomic E-state index is 9.93. The fourth-order valence-electron chi connectivity index (χ4n) is 2.49. The zero-order valence-corrected chi connectivity index (χ0v) is 14.7. The molecule has 0 radical (unpaired) electrons. The van der Waals surface area contributed by atoms with Crippen LogP contribution in [0.5, 0.6) is 11.5 Å². The quantitative estimate of drug-likeness (QED) is 0.637. The van der Waals surface area contributed by atoms with Crippen molar-refractivity contribution in [1.29, 1.82) is 0 Å². The van der Waals surface area contributed by atoms with E-state index in [1.165, 1.54) is 36.8 Å². The van der Waals surface area contributed by atoms with E-state index in [1.807, 2.05) is 48.5 Å². The molecule has 2 aromatic rings. The van der Waals surface area contributed by atoms with Crippen LogP contribution >= 0.6 is 0 Å². The van der Waals surface area contributed by atoms with Gasteiger partial charge in [0, 0.05) is 0 Å². The summed E-state index contributed by atoms with van der Waals surface area (Å²) in [5, 5.41) is 9.93. The van der Waals surface area contributed by atoms with Crippen molar-refractivity contribution in [2.24, 2.45) is 0 Å². The minimum atomic E-state index is -1.31. The third kappa shape index (κ3) is 6.28. The highest BCUT2D eigenvalue weighted by Crippen LogP contribution is 2.17. The van der Waals surface area contributed by atoms with E-state index in [2.05, 4.69) is 13.8 Å². The molecule has 0 unspecified atom stereocenters. The van der Waals surface area contributed by atoms with E-state index in [0.717, 1.165) is 12.8 Å². The molecule has 1 N–H and O–H groups in total. The van der Waals surface area contributed by atoms with Crippen LogP contribution in [-0.4, -0.2) is 12.3 Å². The van der Waals surface area contributed by atoms with E-state index in [0.29, 0.717) is 11.5 Å². The number of benzene rings is 2. The van der Waals surface area contributed by atoms with E-state index >= 15 is 0 Å². The number of hydrogen-bond donors (Lipinski definition) is 1. The second-order valence-electron chi connectivity index (χ2n) is 6.04. The van der Waals surface area contributed by atoms with Gasteiger partial charge < -0.3 is 14.3 Å². The second kappa shape index (κ2) is 10.0. The van der Waals surface area contributed by atoms with Crippen LogP contribution in [0.1, 0.15) is 50.7 Å². The lowest BCUT2D eigenvalue weighted by Crippen LogP contribution is -2.29. The van der Waals surface area contributed by atoms with Crippen molar-refractivity contribution in [2.45, 2.75) is 52.4 Å². The molecule has 2 rings (SSSR count). The van der Waals surface area contributed by atoms with E-state index < -0.39 is 7.32 Å². The Kier molecular flexibility index (Phi) is 7.70. The molecule has 0 fully saturated rings. The molecule has 0 aromatic heterocycles. The summed E-state index contributed by atoms with van der Waals surface area (Å²) >= 11 is 0. The van der Waals surface area contributed by atoms with Crippen LogP contribution in [0.2, 0.25) is 0 Å². The van der Waals surface area contributed by atoms with Crippen LogP contribution in [0.25, 0.3) is 0 Å². The maximum Gasteiger partial charge on any atom is 0.785 e. The lowest BCUT2D eigenvalue weighted by atomic mass is 10.1. The van der Waals surface area contributed by atoms with Gasteiger partial charge in [0.15, 0.2) is 0 Å². The van der Waals surface area contributed by atoms with Crippen molar-refractivity contribution in [3.05, 3.63) is 59.7 Å². The van der Waals surface area contributed by atoms with Crippen molar-refractivity contribution >= 4 is 7.32 Å². The Balaban J connectivity index is 1.82. The van der Waals surface area contributed by atoms with Gasteiger partial charge in [0.05, 0.1) is 0 Å². The number of aryl methyl sites for hydroxylation is 2. The number of unbranched alkanes of at least 4 members (excludes halogenated alkanes) is 2. The third-order valence-corrected chi connectivity index (χ3v) is 3.96. The summed E-state index contributed by atoms with van der Waals surface area (Å²) in [6, 6.07) is 15.6. The summed E-state index contributed by atoms with van der Waals surface area (Å²) in [6.07, 6.45) is 6.87. The Bertz CT molecular complexity index is 527. The van der Waals surface area contributed by atoms with Crippen LogP contribution in [-0.2, 0) is 12.8 Å². The largest absolute Gasteiger partial charge is 0.785 e. The number of rotatable bonds is 10. The fraction of sp³-hybridized carbons (Fsp3) is 0.400. The molecule has 0 saturated carbocycles. The van der Waals surface area contributed by atoms with E-state index in [9.17, 15) is 5.02 Å². The minimum Gasteiger partial charge on any atom is -0.501 e. The van der Waals surface area contributed by atoms with Gasteiger partial charge in [0.2, 0.25) is 0 Å². The van der Waals surface area contributed by atoms with E-state index in [-0.39, 0.29) is 0 Å². The summed E-state index contributed by atoms with van der Waals surface area (Å²) in [5.74, 6) is 1.20. The molecular weight excluding hydrogens is 299 g/mol. The molecule has 2 aromatic carbocycles. The predicted molar refractivity (Wildman–Crippen MR) is 99.3 cm³/mol. The van der Waals surface area contributed by atoms with Crippen LogP contribution < -0.4 is 9.31 Å². The molecule has 0 spiro atoms. The second-order valence-corrected chi connectivity index (χ2v) is 6.04. The van der Waals surface area contributed by atoms with Crippen molar-refractivity contribution in [3.63, 3.8) is 0 Å². The smallest absolute Gasteiger partial charge is 0.501 e. The Hall–Kier alpha value is -1.94. The molecule has 0 saturated heterocycles. The van der Waals surface area contributed by atoms with Gasteiger partial charge in [0.25, 0.3) is 0 Å². The summed E-state index contributed by atoms with van der Waals surface area (Å²) in [5.41, 5.74) is 2.56. The molecule has 24 heavy (non-hydrogen) atoms. The van der Waals surface area contributed by atoms with Crippen molar-refractivity contribution in [3.8, 4) is 11.5 Å². The highest BCUT2D eigenvalue weighted by Gasteiger charge is 2.21. The Morgan fingerprint density at radius 1 is 0.708 bits per heavy atom. The Morgan fingerprint density at radius 2 is 1.08 bits per heavy atom. The first-order chi connectivity index (χ1) is 11.7. The zero-order chi connectivity index (χ0) is 17.2. The van der Waals surface area contributed by atoms with Crippen LogP contribution in [0, 0.1) is 0 Å². The first-order valence-corrected chi connectivity index (χ1v) is 8.90. The van der Waals surface area contributed by atoms with E-state index in [1.54, 1.807) is 0 Å². The molecule has 0 atom stereocenters. The summed E-state index contributed by atoms with van der Waals surface area (Å²) < 4.78 is 10.8. The lowest BCUT2D eigenvalue weighted by molar-refractivity contribution is 0.298. The predicted octanol–water partition coefficient (Wildman–Crippen LogP) is 4.81. The lowest BCUT2D eigenvalue weighted by Gasteiger charge is -2.12. The highest BCUT2D eigenvalue weighted by molar-refractivity contribution is 6.36. The van der Waals surface area contributed by atoms with Crippen molar-refractivity contribution in [1.82, 2.24) is 0 Å². The molecule has 4 heteroatoms. The molecule has 0 aliphatic rings. The summed E-state index contributed by atoms with van der Waals surface area (Å²) in [7, 11) is -1.31.